The van der Waals surface area contributed by atoms with Gasteiger partial charge in [-0.05, 0) is 60.7 Å². The first-order valence-corrected chi connectivity index (χ1v) is 7.57. The molecule has 0 bridgehead atoms. The number of rotatable bonds is 4. The van der Waals surface area contributed by atoms with Gasteiger partial charge in [-0.15, -0.1) is 0 Å². The third-order valence-electron chi connectivity index (χ3n) is 3.66. The number of carboxylic acids is 1. The Hall–Kier alpha value is -1.15. The molecular formula is C14H17IN2O3. The Kier molecular flexibility index (Phi) is 4.98. The molecule has 1 amide bonds. The molecule has 0 aromatic heterocycles. The van der Waals surface area contributed by atoms with E-state index in [1.165, 1.54) is 0 Å². The molecule has 1 aliphatic rings. The molecule has 0 aliphatic carbocycles. The van der Waals surface area contributed by atoms with Gasteiger partial charge < -0.3 is 10.4 Å². The molecule has 1 saturated heterocycles. The van der Waals surface area contributed by atoms with Crippen molar-refractivity contribution in [2.45, 2.75) is 19.4 Å². The maximum atomic E-state index is 12.0. The number of aliphatic carboxylic acids is 1. The van der Waals surface area contributed by atoms with Gasteiger partial charge in [0.25, 0.3) is 0 Å². The molecule has 2 unspecified atom stereocenters. The summed E-state index contributed by atoms with van der Waals surface area (Å²) in [7, 11) is 0. The fourth-order valence-electron chi connectivity index (χ4n) is 2.51. The molecule has 0 spiro atoms. The van der Waals surface area contributed by atoms with Crippen molar-refractivity contribution in [3.05, 3.63) is 27.8 Å². The van der Waals surface area contributed by atoms with Gasteiger partial charge in [-0.25, -0.2) is 0 Å². The zero-order valence-electron chi connectivity index (χ0n) is 11.2. The fourth-order valence-corrected chi connectivity index (χ4v) is 3.05. The summed E-state index contributed by atoms with van der Waals surface area (Å²) < 4.78 is 1.06. The summed E-state index contributed by atoms with van der Waals surface area (Å²) in [5.74, 6) is -1.26. The predicted molar refractivity (Wildman–Crippen MR) is 84.6 cm³/mol. The number of nitrogens with zero attached hydrogens (tertiary/aromatic N) is 1. The standard InChI is InChI=1S/C14H17IN2O3/c1-9-12(14(19)20)5-6-17(9)8-13(18)16-11-4-2-3-10(15)7-11/h2-4,7,9,12H,5-6,8H2,1H3,(H,16,18)(H,19,20). The van der Waals surface area contributed by atoms with E-state index in [1.54, 1.807) is 0 Å². The zero-order chi connectivity index (χ0) is 14.7. The Morgan fingerprint density at radius 3 is 2.85 bits per heavy atom. The molecule has 2 atom stereocenters. The van der Waals surface area contributed by atoms with Gasteiger partial charge in [0.2, 0.25) is 5.91 Å². The minimum Gasteiger partial charge on any atom is -0.481 e. The van der Waals surface area contributed by atoms with Gasteiger partial charge in [0.05, 0.1) is 12.5 Å². The summed E-state index contributed by atoms with van der Waals surface area (Å²) in [6.07, 6.45) is 0.604. The molecule has 1 aromatic carbocycles. The first-order chi connectivity index (χ1) is 9.47. The number of hydrogen-bond donors (Lipinski definition) is 2. The van der Waals surface area contributed by atoms with E-state index < -0.39 is 5.97 Å². The van der Waals surface area contributed by atoms with Crippen LogP contribution in [-0.4, -0.2) is 41.0 Å². The quantitative estimate of drug-likeness (QED) is 0.775. The van der Waals surface area contributed by atoms with E-state index in [1.807, 2.05) is 36.1 Å². The van der Waals surface area contributed by atoms with Crippen LogP contribution < -0.4 is 5.32 Å². The van der Waals surface area contributed by atoms with E-state index in [4.69, 9.17) is 5.11 Å². The molecular weight excluding hydrogens is 371 g/mol. The van der Waals surface area contributed by atoms with Crippen LogP contribution in [0.4, 0.5) is 5.69 Å². The van der Waals surface area contributed by atoms with Gasteiger partial charge in [-0.2, -0.15) is 0 Å². The highest BCUT2D eigenvalue weighted by molar-refractivity contribution is 14.1. The van der Waals surface area contributed by atoms with Crippen molar-refractivity contribution in [3.8, 4) is 0 Å². The van der Waals surface area contributed by atoms with Gasteiger partial charge in [-0.3, -0.25) is 14.5 Å². The SMILES string of the molecule is CC1C(C(=O)O)CCN1CC(=O)Nc1cccc(I)c1. The number of benzene rings is 1. The summed E-state index contributed by atoms with van der Waals surface area (Å²) in [5, 5.41) is 11.9. The minimum absolute atomic E-state index is 0.103. The van der Waals surface area contributed by atoms with Crippen LogP contribution in [0.25, 0.3) is 0 Å². The van der Waals surface area contributed by atoms with Crippen LogP contribution in [0.1, 0.15) is 13.3 Å². The van der Waals surface area contributed by atoms with Crippen molar-refractivity contribution in [3.63, 3.8) is 0 Å². The van der Waals surface area contributed by atoms with Crippen LogP contribution in [0, 0.1) is 9.49 Å². The van der Waals surface area contributed by atoms with Crippen LogP contribution in [0.3, 0.4) is 0 Å². The van der Waals surface area contributed by atoms with Crippen LogP contribution in [0.2, 0.25) is 0 Å². The highest BCUT2D eigenvalue weighted by Crippen LogP contribution is 2.24. The van der Waals surface area contributed by atoms with Gasteiger partial charge in [0.15, 0.2) is 0 Å². The van der Waals surface area contributed by atoms with Crippen LogP contribution in [-0.2, 0) is 9.59 Å². The minimum atomic E-state index is -0.780. The summed E-state index contributed by atoms with van der Waals surface area (Å²) in [5.41, 5.74) is 0.767. The second-order valence-electron chi connectivity index (χ2n) is 5.00. The number of carbonyl (C=O) groups excluding carboxylic acids is 1. The van der Waals surface area contributed by atoms with Crippen molar-refractivity contribution in [1.82, 2.24) is 4.90 Å². The lowest BCUT2D eigenvalue weighted by Crippen LogP contribution is -2.38. The van der Waals surface area contributed by atoms with E-state index in [-0.39, 0.29) is 24.4 Å². The number of anilines is 1. The number of nitrogens with one attached hydrogen (secondary N) is 1. The highest BCUT2D eigenvalue weighted by atomic mass is 127. The van der Waals surface area contributed by atoms with Gasteiger partial charge >= 0.3 is 5.97 Å². The maximum absolute atomic E-state index is 12.0. The fraction of sp³-hybridized carbons (Fsp3) is 0.429. The molecule has 1 aliphatic heterocycles. The molecule has 108 valence electrons. The van der Waals surface area contributed by atoms with Gasteiger partial charge in [0, 0.05) is 15.3 Å². The topological polar surface area (TPSA) is 69.6 Å². The molecule has 1 aromatic rings. The second kappa shape index (κ2) is 6.53. The average Bonchev–Trinajstić information content (AvgIpc) is 2.71. The number of amides is 1. The third kappa shape index (κ3) is 3.69. The summed E-state index contributed by atoms with van der Waals surface area (Å²) in [4.78, 5) is 25.0. The van der Waals surface area contributed by atoms with E-state index in [0.29, 0.717) is 13.0 Å². The van der Waals surface area contributed by atoms with Crippen LogP contribution >= 0.6 is 22.6 Å². The normalized spacial score (nSPS) is 22.7. The summed E-state index contributed by atoms with van der Waals surface area (Å²) in [6, 6.07) is 7.47. The van der Waals surface area contributed by atoms with Crippen molar-refractivity contribution < 1.29 is 14.7 Å². The van der Waals surface area contributed by atoms with Gasteiger partial charge in [-0.1, -0.05) is 6.07 Å². The molecule has 5 nitrogen and oxygen atoms in total. The van der Waals surface area contributed by atoms with Crippen LogP contribution in [0.5, 0.6) is 0 Å². The average molecular weight is 388 g/mol. The Balaban J connectivity index is 1.91. The Morgan fingerprint density at radius 2 is 2.25 bits per heavy atom. The monoisotopic (exact) mass is 388 g/mol. The summed E-state index contributed by atoms with van der Waals surface area (Å²) >= 11 is 2.19. The smallest absolute Gasteiger partial charge is 0.308 e. The summed E-state index contributed by atoms with van der Waals surface area (Å²) in [6.45, 7) is 2.75. The van der Waals surface area contributed by atoms with Crippen LogP contribution in [0.15, 0.2) is 24.3 Å². The maximum Gasteiger partial charge on any atom is 0.308 e. The molecule has 2 rings (SSSR count). The van der Waals surface area contributed by atoms with E-state index >= 15 is 0 Å². The first-order valence-electron chi connectivity index (χ1n) is 6.49. The molecule has 20 heavy (non-hydrogen) atoms. The number of likely N-dealkylation sites (tertiary alicyclic amines) is 1. The Labute approximate surface area is 131 Å². The third-order valence-corrected chi connectivity index (χ3v) is 4.33. The Morgan fingerprint density at radius 1 is 1.50 bits per heavy atom. The van der Waals surface area contributed by atoms with Crippen molar-refractivity contribution in [2.75, 3.05) is 18.4 Å². The van der Waals surface area contributed by atoms with E-state index in [2.05, 4.69) is 27.9 Å². The molecule has 6 heteroatoms. The van der Waals surface area contributed by atoms with E-state index in [9.17, 15) is 9.59 Å². The largest absolute Gasteiger partial charge is 0.481 e. The van der Waals surface area contributed by atoms with Gasteiger partial charge in [0.1, 0.15) is 0 Å². The van der Waals surface area contributed by atoms with Crippen molar-refractivity contribution in [2.24, 2.45) is 5.92 Å². The predicted octanol–water partition coefficient (Wildman–Crippen LogP) is 2.02. The molecule has 2 N–H and O–H groups in total. The lowest BCUT2D eigenvalue weighted by molar-refractivity contribution is -0.142. The number of carboxylic acid groups (broad SMARTS) is 1. The molecule has 0 radical (unpaired) electrons. The van der Waals surface area contributed by atoms with E-state index in [0.717, 1.165) is 9.26 Å². The Bertz CT molecular complexity index is 521. The number of carbonyl (C=O) groups is 2. The number of halogens is 1. The lowest BCUT2D eigenvalue weighted by atomic mass is 10.0. The molecule has 1 heterocycles. The first kappa shape index (κ1) is 15.2. The molecule has 0 saturated carbocycles. The molecule has 1 fully saturated rings. The van der Waals surface area contributed by atoms with Crippen molar-refractivity contribution in [1.29, 1.82) is 0 Å². The second-order valence-corrected chi connectivity index (χ2v) is 6.25. The lowest BCUT2D eigenvalue weighted by Gasteiger charge is -2.22. The zero-order valence-corrected chi connectivity index (χ0v) is 13.3. The highest BCUT2D eigenvalue weighted by Gasteiger charge is 2.36. The van der Waals surface area contributed by atoms with Crippen molar-refractivity contribution >= 4 is 40.2 Å². The number of hydrogen-bond acceptors (Lipinski definition) is 3.